The number of carbonyl (C=O) groups is 2. The minimum atomic E-state index is -0.725. The van der Waals surface area contributed by atoms with Crippen molar-refractivity contribution in [2.24, 2.45) is 5.73 Å². The van der Waals surface area contributed by atoms with Crippen molar-refractivity contribution < 1.29 is 9.59 Å². The maximum Gasteiger partial charge on any atom is 0.258 e. The van der Waals surface area contributed by atoms with Gasteiger partial charge in [0.25, 0.3) is 5.91 Å². The number of aryl methyl sites for hydroxylation is 2. The van der Waals surface area contributed by atoms with E-state index in [0.29, 0.717) is 30.2 Å². The van der Waals surface area contributed by atoms with E-state index in [2.05, 4.69) is 43.5 Å². The van der Waals surface area contributed by atoms with E-state index in [0.717, 1.165) is 41.7 Å². The number of nitrogens with two attached hydrogens (primary N) is 1. The summed E-state index contributed by atoms with van der Waals surface area (Å²) in [5, 5.41) is 29.8. The molecule has 1 aliphatic heterocycles. The van der Waals surface area contributed by atoms with E-state index in [1.54, 1.807) is 16.2 Å². The van der Waals surface area contributed by atoms with Crippen molar-refractivity contribution in [3.63, 3.8) is 0 Å². The van der Waals surface area contributed by atoms with E-state index < -0.39 is 11.3 Å². The molecule has 4 heterocycles. The van der Waals surface area contributed by atoms with Gasteiger partial charge in [-0.2, -0.15) is 10.5 Å². The van der Waals surface area contributed by atoms with Crippen LogP contribution < -0.4 is 11.1 Å². The third-order valence-electron chi connectivity index (χ3n) is 6.70. The Morgan fingerprint density at radius 3 is 2.97 bits per heavy atom. The lowest BCUT2D eigenvalue weighted by molar-refractivity contribution is -0.130. The number of aromatic amines is 1. The molecule has 1 aliphatic carbocycles. The van der Waals surface area contributed by atoms with E-state index >= 15 is 0 Å². The summed E-state index contributed by atoms with van der Waals surface area (Å²) in [7, 11) is 0. The molecule has 2 unspecified atom stereocenters. The minimum Gasteiger partial charge on any atom is -0.365 e. The number of hydrogen-bond acceptors (Lipinski definition) is 9. The Morgan fingerprint density at radius 2 is 2.21 bits per heavy atom. The van der Waals surface area contributed by atoms with Gasteiger partial charge in [0, 0.05) is 16.3 Å². The van der Waals surface area contributed by atoms with Gasteiger partial charge in [-0.25, -0.2) is 0 Å². The molecule has 3 aromatic rings. The van der Waals surface area contributed by atoms with Crippen LogP contribution in [0.15, 0.2) is 17.5 Å². The average Bonchev–Trinajstić information content (AvgIpc) is 3.64. The maximum absolute atomic E-state index is 12.7. The highest BCUT2D eigenvalue weighted by Crippen LogP contribution is 2.49. The number of amides is 2. The lowest BCUT2D eigenvalue weighted by Crippen LogP contribution is -2.42. The summed E-state index contributed by atoms with van der Waals surface area (Å²) in [6.45, 7) is 1.28. The van der Waals surface area contributed by atoms with E-state index in [-0.39, 0.29) is 18.5 Å². The molecule has 1 saturated heterocycles. The minimum absolute atomic E-state index is 0.0676. The van der Waals surface area contributed by atoms with Crippen molar-refractivity contribution in [2.45, 2.75) is 43.6 Å². The fraction of sp³-hybridized carbons (Fsp3) is 0.455. The van der Waals surface area contributed by atoms with Crippen molar-refractivity contribution in [3.8, 4) is 6.07 Å². The molecule has 176 valence electrons. The zero-order valence-electron chi connectivity index (χ0n) is 18.4. The normalized spacial score (nSPS) is 21.5. The molecule has 0 radical (unpaired) electrons. The summed E-state index contributed by atoms with van der Waals surface area (Å²) in [6.07, 6.45) is 3.81. The number of carbonyl (C=O) groups excluding carboxylic acids is 2. The lowest BCUT2D eigenvalue weighted by Gasteiger charge is -2.31. The molecule has 4 N–H and O–H groups in total. The van der Waals surface area contributed by atoms with Crippen molar-refractivity contribution in [2.75, 3.05) is 19.6 Å². The first kappa shape index (κ1) is 22.6. The van der Waals surface area contributed by atoms with Crippen LogP contribution in [0.5, 0.6) is 0 Å². The topological polar surface area (TPSA) is 154 Å². The Balaban J connectivity index is 1.46. The molecule has 2 atom stereocenters. The molecule has 0 spiro atoms. The molecule has 2 amide bonds. The second-order valence-electron chi connectivity index (χ2n) is 8.51. The molecule has 3 aromatic heterocycles. The van der Waals surface area contributed by atoms with Crippen LogP contribution in [0, 0.1) is 11.3 Å². The quantitative estimate of drug-likeness (QED) is 0.417. The summed E-state index contributed by atoms with van der Waals surface area (Å²) in [5.74, 6) is 0.00957. The number of tetrazole rings is 1. The Morgan fingerprint density at radius 1 is 1.35 bits per heavy atom. The number of hydrogen-bond donors (Lipinski definition) is 3. The summed E-state index contributed by atoms with van der Waals surface area (Å²) in [6, 6.07) is 5.85. The first-order valence-corrected chi connectivity index (χ1v) is 12.9. The zero-order chi connectivity index (χ0) is 23.7. The zero-order valence-corrected chi connectivity index (χ0v) is 20.0. The van der Waals surface area contributed by atoms with Crippen LogP contribution in [0.3, 0.4) is 0 Å². The second kappa shape index (κ2) is 9.25. The van der Waals surface area contributed by atoms with Crippen LogP contribution in [-0.4, -0.2) is 63.0 Å². The first-order chi connectivity index (χ1) is 16.5. The van der Waals surface area contributed by atoms with Crippen LogP contribution in [-0.2, 0) is 23.1 Å². The monoisotopic (exact) mass is 496 g/mol. The van der Waals surface area contributed by atoms with Gasteiger partial charge in [0.15, 0.2) is 5.82 Å². The van der Waals surface area contributed by atoms with Crippen LogP contribution >= 0.6 is 22.7 Å². The smallest absolute Gasteiger partial charge is 0.258 e. The number of fused-ring (bicyclic) bond motifs is 2. The van der Waals surface area contributed by atoms with Gasteiger partial charge in [-0.1, -0.05) is 5.21 Å². The highest BCUT2D eigenvalue weighted by Gasteiger charge is 2.46. The van der Waals surface area contributed by atoms with Crippen LogP contribution in [0.25, 0.3) is 0 Å². The lowest BCUT2D eigenvalue weighted by atomic mass is 9.72. The third kappa shape index (κ3) is 3.79. The Hall–Kier alpha value is -3.14. The number of thiophene rings is 2. The van der Waals surface area contributed by atoms with Gasteiger partial charge >= 0.3 is 0 Å². The van der Waals surface area contributed by atoms with Crippen molar-refractivity contribution in [3.05, 3.63) is 49.1 Å². The molecule has 2 aliphatic rings. The second-order valence-corrected chi connectivity index (χ2v) is 10.6. The third-order valence-corrected chi connectivity index (χ3v) is 8.89. The number of likely N-dealkylation sites (tertiary alicyclic amines) is 1. The summed E-state index contributed by atoms with van der Waals surface area (Å²) in [4.78, 5) is 29.2. The molecule has 5 rings (SSSR count). The number of primary amides is 1. The van der Waals surface area contributed by atoms with Crippen LogP contribution in [0.2, 0.25) is 0 Å². The molecular formula is C22H24N8O2S2. The molecule has 1 fully saturated rings. The Labute approximate surface area is 204 Å². The number of nitrogens with one attached hydrogen (secondary N) is 2. The number of nitrogens with zero attached hydrogens (tertiary/aromatic N) is 5. The Kier molecular flexibility index (Phi) is 6.16. The van der Waals surface area contributed by atoms with Crippen molar-refractivity contribution in [1.82, 2.24) is 30.8 Å². The maximum atomic E-state index is 12.7. The fourth-order valence-corrected chi connectivity index (χ4v) is 7.17. The summed E-state index contributed by atoms with van der Waals surface area (Å²) in [5.41, 5.74) is 6.98. The summed E-state index contributed by atoms with van der Waals surface area (Å²) >= 11 is 3.13. The van der Waals surface area contributed by atoms with Gasteiger partial charge in [0.1, 0.15) is 6.04 Å². The molecule has 34 heavy (non-hydrogen) atoms. The van der Waals surface area contributed by atoms with Gasteiger partial charge in [-0.3, -0.25) is 9.59 Å². The van der Waals surface area contributed by atoms with Gasteiger partial charge in [-0.15, -0.1) is 32.9 Å². The van der Waals surface area contributed by atoms with Crippen molar-refractivity contribution in [1.29, 1.82) is 5.26 Å². The van der Waals surface area contributed by atoms with Gasteiger partial charge in [-0.05, 0) is 67.3 Å². The van der Waals surface area contributed by atoms with E-state index in [9.17, 15) is 14.9 Å². The van der Waals surface area contributed by atoms with Crippen LogP contribution in [0.1, 0.15) is 55.6 Å². The number of nitriles is 1. The average molecular weight is 497 g/mol. The molecule has 0 saturated carbocycles. The van der Waals surface area contributed by atoms with Gasteiger partial charge in [0.2, 0.25) is 5.91 Å². The molecule has 0 bridgehead atoms. The predicted octanol–water partition coefficient (Wildman–Crippen LogP) is 1.35. The van der Waals surface area contributed by atoms with Gasteiger partial charge < -0.3 is 16.0 Å². The molecule has 0 aromatic carbocycles. The van der Waals surface area contributed by atoms with Crippen molar-refractivity contribution >= 4 is 34.5 Å². The van der Waals surface area contributed by atoms with E-state index in [4.69, 9.17) is 5.73 Å². The first-order valence-electron chi connectivity index (χ1n) is 11.2. The summed E-state index contributed by atoms with van der Waals surface area (Å²) < 4.78 is 0. The Bertz CT molecular complexity index is 1240. The number of H-pyrrole nitrogens is 1. The standard InChI is InChI=1S/C22H24N8O2S2/c23-11-13-2-1-8-30(13)19(31)12-25-7-6-22(21-26-28-29-27-21)14-5-9-33-16(14)3-4-17-15(22)10-18(34-17)20(24)32/h5,9-10,13,25H,1-4,6-8,12H2,(H2,24,32)(H,26,27,28,29). The molecule has 12 heteroatoms. The molecular weight excluding hydrogens is 472 g/mol. The van der Waals surface area contributed by atoms with Gasteiger partial charge in [0.05, 0.1) is 22.9 Å². The predicted molar refractivity (Wildman–Crippen MR) is 126 cm³/mol. The number of rotatable bonds is 7. The number of aromatic nitrogens is 4. The van der Waals surface area contributed by atoms with Crippen LogP contribution in [0.4, 0.5) is 0 Å². The molecule has 10 nitrogen and oxygen atoms in total. The highest BCUT2D eigenvalue weighted by molar-refractivity contribution is 7.14. The van der Waals surface area contributed by atoms with E-state index in [1.165, 1.54) is 16.2 Å². The highest BCUT2D eigenvalue weighted by atomic mass is 32.1. The largest absolute Gasteiger partial charge is 0.365 e. The SMILES string of the molecule is N#CC1CCCN1C(=O)CNCCC1(c2nn[nH]n2)c2ccsc2CCc2sc(C(N)=O)cc21. The van der Waals surface area contributed by atoms with E-state index in [1.807, 2.05) is 6.07 Å². The fourth-order valence-electron chi connectivity index (χ4n) is 5.12.